The maximum Gasteiger partial charge on any atom is 0.393 e. The van der Waals surface area contributed by atoms with Crippen LogP contribution in [-0.2, 0) is 0 Å². The second-order valence-electron chi connectivity index (χ2n) is 5.85. The van der Waals surface area contributed by atoms with Crippen molar-refractivity contribution in [3.05, 3.63) is 11.6 Å². The van der Waals surface area contributed by atoms with E-state index in [2.05, 4.69) is 11.4 Å². The van der Waals surface area contributed by atoms with Gasteiger partial charge in [-0.15, -0.1) is 0 Å². The Kier molecular flexibility index (Phi) is 5.31. The quantitative estimate of drug-likeness (QED) is 0.740. The number of rotatable bonds is 4. The summed E-state index contributed by atoms with van der Waals surface area (Å²) in [6, 6.07) is -0.363. The molecule has 1 nitrogen and oxygen atoms in total. The minimum atomic E-state index is -4.04. The van der Waals surface area contributed by atoms with Crippen LogP contribution < -0.4 is 5.32 Å². The van der Waals surface area contributed by atoms with E-state index >= 15 is 0 Å². The first-order chi connectivity index (χ1) is 9.07. The van der Waals surface area contributed by atoms with Crippen molar-refractivity contribution >= 4 is 0 Å². The molecule has 0 aromatic heterocycles. The topological polar surface area (TPSA) is 12.0 Å². The van der Waals surface area contributed by atoms with Crippen molar-refractivity contribution in [1.29, 1.82) is 0 Å². The molecule has 1 N–H and O–H groups in total. The van der Waals surface area contributed by atoms with Crippen LogP contribution in [0.4, 0.5) is 13.2 Å². The van der Waals surface area contributed by atoms with Crippen molar-refractivity contribution in [2.75, 3.05) is 6.54 Å². The van der Waals surface area contributed by atoms with Crippen LogP contribution in [0.15, 0.2) is 11.6 Å². The fraction of sp³-hybridized carbons (Fsp3) is 0.867. The van der Waals surface area contributed by atoms with Gasteiger partial charge in [0, 0.05) is 6.04 Å². The predicted octanol–water partition coefficient (Wildman–Crippen LogP) is 4.59. The molecule has 4 heteroatoms. The maximum absolute atomic E-state index is 12.9. The Morgan fingerprint density at radius 1 is 1.11 bits per heavy atom. The van der Waals surface area contributed by atoms with E-state index in [9.17, 15) is 13.2 Å². The van der Waals surface area contributed by atoms with Crippen molar-refractivity contribution in [1.82, 2.24) is 5.32 Å². The van der Waals surface area contributed by atoms with Crippen LogP contribution in [-0.4, -0.2) is 18.8 Å². The molecule has 1 fully saturated rings. The summed E-state index contributed by atoms with van der Waals surface area (Å²) in [7, 11) is 0. The van der Waals surface area contributed by atoms with Crippen molar-refractivity contribution < 1.29 is 13.2 Å². The van der Waals surface area contributed by atoms with E-state index < -0.39 is 12.1 Å². The molecule has 0 radical (unpaired) electrons. The van der Waals surface area contributed by atoms with Crippen LogP contribution in [0.25, 0.3) is 0 Å². The molecule has 0 bridgehead atoms. The van der Waals surface area contributed by atoms with E-state index in [0.29, 0.717) is 25.8 Å². The van der Waals surface area contributed by atoms with Crippen LogP contribution in [0, 0.1) is 5.92 Å². The van der Waals surface area contributed by atoms with Gasteiger partial charge in [0.15, 0.2) is 0 Å². The van der Waals surface area contributed by atoms with E-state index in [1.807, 2.05) is 0 Å². The fourth-order valence-electron chi connectivity index (χ4n) is 3.32. The molecule has 2 aliphatic rings. The summed E-state index contributed by atoms with van der Waals surface area (Å²) < 4.78 is 38.8. The summed E-state index contributed by atoms with van der Waals surface area (Å²) in [5, 5.41) is 3.16. The lowest BCUT2D eigenvalue weighted by Crippen LogP contribution is -2.45. The summed E-state index contributed by atoms with van der Waals surface area (Å²) >= 11 is 0. The van der Waals surface area contributed by atoms with Gasteiger partial charge in [0.1, 0.15) is 0 Å². The second-order valence-corrected chi connectivity index (χ2v) is 5.85. The molecular formula is C15H24F3N. The summed E-state index contributed by atoms with van der Waals surface area (Å²) in [6.45, 7) is 0.698. The normalized spacial score (nSPS) is 29.1. The lowest BCUT2D eigenvalue weighted by Gasteiger charge is -2.33. The molecule has 0 aliphatic heterocycles. The Hall–Kier alpha value is -0.510. The highest BCUT2D eigenvalue weighted by molar-refractivity contribution is 5.05. The van der Waals surface area contributed by atoms with Gasteiger partial charge in [0.25, 0.3) is 0 Å². The third kappa shape index (κ3) is 4.51. The highest BCUT2D eigenvalue weighted by atomic mass is 19.4. The first kappa shape index (κ1) is 14.9. The Morgan fingerprint density at radius 2 is 1.89 bits per heavy atom. The van der Waals surface area contributed by atoms with E-state index in [0.717, 1.165) is 25.7 Å². The second kappa shape index (κ2) is 6.78. The molecule has 19 heavy (non-hydrogen) atoms. The number of hydrogen-bond donors (Lipinski definition) is 1. The van der Waals surface area contributed by atoms with Gasteiger partial charge >= 0.3 is 6.18 Å². The highest BCUT2D eigenvalue weighted by Gasteiger charge is 2.45. The average Bonchev–Trinajstić information content (AvgIpc) is 2.39. The van der Waals surface area contributed by atoms with Gasteiger partial charge in [-0.3, -0.25) is 0 Å². The predicted molar refractivity (Wildman–Crippen MR) is 71.0 cm³/mol. The zero-order chi connectivity index (χ0) is 13.7. The lowest BCUT2D eigenvalue weighted by atomic mass is 9.84. The number of nitrogens with one attached hydrogen (secondary N) is 1. The van der Waals surface area contributed by atoms with Gasteiger partial charge in [0.05, 0.1) is 5.92 Å². The minimum absolute atomic E-state index is 0.295. The van der Waals surface area contributed by atoms with Gasteiger partial charge in [-0.2, -0.15) is 13.2 Å². The SMILES string of the molecule is FC(F)(F)C1CCCCC1NCCC1=CCCCC1. The minimum Gasteiger partial charge on any atom is -0.313 e. The number of halogens is 3. The van der Waals surface area contributed by atoms with Crippen LogP contribution in [0.5, 0.6) is 0 Å². The summed E-state index contributed by atoms with van der Waals surface area (Å²) in [5.74, 6) is -1.14. The number of alkyl halides is 3. The monoisotopic (exact) mass is 275 g/mol. The fourth-order valence-corrected chi connectivity index (χ4v) is 3.32. The molecule has 0 amide bonds. The molecule has 2 rings (SSSR count). The van der Waals surface area contributed by atoms with E-state index in [4.69, 9.17) is 0 Å². The lowest BCUT2D eigenvalue weighted by molar-refractivity contribution is -0.188. The van der Waals surface area contributed by atoms with E-state index in [1.165, 1.54) is 18.4 Å². The molecule has 2 aliphatic carbocycles. The molecule has 0 heterocycles. The number of allylic oxidation sites excluding steroid dienone is 1. The Balaban J connectivity index is 1.78. The van der Waals surface area contributed by atoms with Gasteiger partial charge in [-0.05, 0) is 51.5 Å². The van der Waals surface area contributed by atoms with Crippen molar-refractivity contribution in [3.8, 4) is 0 Å². The van der Waals surface area contributed by atoms with Crippen LogP contribution in [0.1, 0.15) is 57.8 Å². The van der Waals surface area contributed by atoms with E-state index in [1.54, 1.807) is 0 Å². The van der Waals surface area contributed by atoms with Crippen molar-refractivity contribution in [2.45, 2.75) is 70.0 Å². The Morgan fingerprint density at radius 3 is 2.58 bits per heavy atom. The summed E-state index contributed by atoms with van der Waals surface area (Å²) in [5.41, 5.74) is 1.43. The Bertz CT molecular complexity index is 309. The number of hydrogen-bond acceptors (Lipinski definition) is 1. The molecule has 1 saturated carbocycles. The van der Waals surface area contributed by atoms with E-state index in [-0.39, 0.29) is 6.04 Å². The maximum atomic E-state index is 12.9. The molecule has 2 unspecified atom stereocenters. The molecule has 110 valence electrons. The van der Waals surface area contributed by atoms with Crippen LogP contribution in [0.3, 0.4) is 0 Å². The first-order valence-electron chi connectivity index (χ1n) is 7.55. The molecule has 0 aromatic rings. The highest BCUT2D eigenvalue weighted by Crippen LogP contribution is 2.37. The van der Waals surface area contributed by atoms with Crippen molar-refractivity contribution in [3.63, 3.8) is 0 Å². The largest absolute Gasteiger partial charge is 0.393 e. The smallest absolute Gasteiger partial charge is 0.313 e. The van der Waals surface area contributed by atoms with Gasteiger partial charge in [-0.25, -0.2) is 0 Å². The zero-order valence-electron chi connectivity index (χ0n) is 11.4. The average molecular weight is 275 g/mol. The van der Waals surface area contributed by atoms with Crippen molar-refractivity contribution in [2.24, 2.45) is 5.92 Å². The molecule has 0 saturated heterocycles. The Labute approximate surface area is 113 Å². The third-order valence-corrected chi connectivity index (χ3v) is 4.42. The van der Waals surface area contributed by atoms with Crippen LogP contribution >= 0.6 is 0 Å². The molecule has 0 aromatic carbocycles. The molecule has 0 spiro atoms. The van der Waals surface area contributed by atoms with Gasteiger partial charge in [0.2, 0.25) is 0 Å². The molecule has 2 atom stereocenters. The van der Waals surface area contributed by atoms with Gasteiger partial charge < -0.3 is 5.32 Å². The van der Waals surface area contributed by atoms with Gasteiger partial charge in [-0.1, -0.05) is 24.5 Å². The molecular weight excluding hydrogens is 251 g/mol. The summed E-state index contributed by atoms with van der Waals surface area (Å²) in [4.78, 5) is 0. The third-order valence-electron chi connectivity index (χ3n) is 4.42. The first-order valence-corrected chi connectivity index (χ1v) is 7.55. The zero-order valence-corrected chi connectivity index (χ0v) is 11.4. The van der Waals surface area contributed by atoms with Crippen LogP contribution in [0.2, 0.25) is 0 Å². The standard InChI is InChI=1S/C15H24F3N/c16-15(17,18)13-8-4-5-9-14(13)19-11-10-12-6-2-1-3-7-12/h6,13-14,19H,1-5,7-11H2. The summed E-state index contributed by atoms with van der Waals surface area (Å²) in [6.07, 6.45) is 6.53.